The first-order valence-electron chi connectivity index (χ1n) is 12.5. The van der Waals surface area contributed by atoms with Gasteiger partial charge in [0.05, 0.1) is 10.6 Å². The fraction of sp³-hybridized carbons (Fsp3) is 0.310. The van der Waals surface area contributed by atoms with Gasteiger partial charge in [-0.05, 0) is 68.7 Å². The van der Waals surface area contributed by atoms with Crippen LogP contribution in [-0.2, 0) is 26.2 Å². The van der Waals surface area contributed by atoms with Crippen LogP contribution in [0.15, 0.2) is 77.7 Å². The van der Waals surface area contributed by atoms with Gasteiger partial charge in [-0.15, -0.1) is 0 Å². The Kier molecular flexibility index (Phi) is 9.94. The summed E-state index contributed by atoms with van der Waals surface area (Å²) in [6, 6.07) is 19.6. The lowest BCUT2D eigenvalue weighted by molar-refractivity contribution is -0.139. The molecule has 7 nitrogen and oxygen atoms in total. The standard InChI is InChI=1S/C29H34ClN3O4S/c1-5-17-31-29(35)23(4)32(19-24-10-7-6-9-22(24)3)28(34)20-33(26-12-8-11-25(30)18-26)38(36,37)27-15-13-21(2)14-16-27/h6-16,18,23H,5,17,19-20H2,1-4H3,(H,31,35)/t23-/m0/s1. The van der Waals surface area contributed by atoms with Crippen molar-refractivity contribution in [2.45, 2.75) is 51.6 Å². The van der Waals surface area contributed by atoms with Crippen LogP contribution in [0.4, 0.5) is 5.69 Å². The Bertz CT molecular complexity index is 1380. The maximum atomic E-state index is 13.9. The fourth-order valence-electron chi connectivity index (χ4n) is 3.95. The smallest absolute Gasteiger partial charge is 0.264 e. The molecule has 1 N–H and O–H groups in total. The van der Waals surface area contributed by atoms with E-state index in [1.165, 1.54) is 23.1 Å². The van der Waals surface area contributed by atoms with Gasteiger partial charge in [0, 0.05) is 18.1 Å². The molecule has 3 rings (SSSR count). The maximum absolute atomic E-state index is 13.9. The number of nitrogens with zero attached hydrogens (tertiary/aromatic N) is 2. The van der Waals surface area contributed by atoms with E-state index in [0.717, 1.165) is 27.4 Å². The Morgan fingerprint density at radius 3 is 2.29 bits per heavy atom. The first kappa shape index (κ1) is 29.2. The Morgan fingerprint density at radius 1 is 0.974 bits per heavy atom. The third-order valence-electron chi connectivity index (χ3n) is 6.30. The average Bonchev–Trinajstić information content (AvgIpc) is 2.89. The molecule has 0 saturated heterocycles. The third kappa shape index (κ3) is 7.14. The second-order valence-electron chi connectivity index (χ2n) is 9.22. The maximum Gasteiger partial charge on any atom is 0.264 e. The van der Waals surface area contributed by atoms with Crippen molar-refractivity contribution in [3.8, 4) is 0 Å². The van der Waals surface area contributed by atoms with Gasteiger partial charge in [-0.1, -0.05) is 66.6 Å². The molecule has 0 aliphatic rings. The van der Waals surface area contributed by atoms with Crippen LogP contribution in [0.1, 0.15) is 37.0 Å². The van der Waals surface area contributed by atoms with Crippen molar-refractivity contribution < 1.29 is 18.0 Å². The minimum absolute atomic E-state index is 0.0510. The SMILES string of the molecule is CCCNC(=O)[C@H](C)N(Cc1ccccc1C)C(=O)CN(c1cccc(Cl)c1)S(=O)(=O)c1ccc(C)cc1. The van der Waals surface area contributed by atoms with Crippen molar-refractivity contribution in [1.82, 2.24) is 10.2 Å². The molecular weight excluding hydrogens is 522 g/mol. The van der Waals surface area contributed by atoms with E-state index >= 15 is 0 Å². The van der Waals surface area contributed by atoms with Crippen molar-refractivity contribution in [3.05, 3.63) is 94.5 Å². The van der Waals surface area contributed by atoms with Crippen LogP contribution in [0.2, 0.25) is 5.02 Å². The third-order valence-corrected chi connectivity index (χ3v) is 8.33. The summed E-state index contributed by atoms with van der Waals surface area (Å²) < 4.78 is 28.7. The number of carbonyl (C=O) groups excluding carboxylic acids is 2. The minimum Gasteiger partial charge on any atom is -0.354 e. The number of nitrogens with one attached hydrogen (secondary N) is 1. The van der Waals surface area contributed by atoms with E-state index in [9.17, 15) is 18.0 Å². The van der Waals surface area contributed by atoms with Gasteiger partial charge in [0.25, 0.3) is 10.0 Å². The van der Waals surface area contributed by atoms with Crippen molar-refractivity contribution >= 4 is 39.1 Å². The Labute approximate surface area is 230 Å². The second-order valence-corrected chi connectivity index (χ2v) is 11.5. The Balaban J connectivity index is 2.03. The van der Waals surface area contributed by atoms with E-state index < -0.39 is 28.5 Å². The molecule has 3 aromatic carbocycles. The number of aryl methyl sites for hydroxylation is 2. The number of sulfonamides is 1. The van der Waals surface area contributed by atoms with E-state index in [1.807, 2.05) is 45.0 Å². The molecular formula is C29H34ClN3O4S. The molecule has 1 atom stereocenters. The van der Waals surface area contributed by atoms with Gasteiger partial charge < -0.3 is 10.2 Å². The lowest BCUT2D eigenvalue weighted by Crippen LogP contribution is -2.51. The number of rotatable bonds is 11. The van der Waals surface area contributed by atoms with Gasteiger partial charge in [0.2, 0.25) is 11.8 Å². The van der Waals surface area contributed by atoms with Gasteiger partial charge in [-0.2, -0.15) is 0 Å². The molecule has 0 aliphatic heterocycles. The topological polar surface area (TPSA) is 86.8 Å². The summed E-state index contributed by atoms with van der Waals surface area (Å²) in [6.07, 6.45) is 0.752. The summed E-state index contributed by atoms with van der Waals surface area (Å²) in [7, 11) is -4.13. The van der Waals surface area contributed by atoms with E-state index in [0.29, 0.717) is 11.6 Å². The van der Waals surface area contributed by atoms with Gasteiger partial charge in [0.1, 0.15) is 12.6 Å². The van der Waals surface area contributed by atoms with Gasteiger partial charge in [-0.25, -0.2) is 8.42 Å². The molecule has 0 fully saturated rings. The Hall–Kier alpha value is -3.36. The number of benzene rings is 3. The number of hydrogen-bond donors (Lipinski definition) is 1. The molecule has 0 aliphatic carbocycles. The normalized spacial score (nSPS) is 12.0. The van der Waals surface area contributed by atoms with Gasteiger partial charge in [0.15, 0.2) is 0 Å². The first-order chi connectivity index (χ1) is 18.0. The van der Waals surface area contributed by atoms with Crippen molar-refractivity contribution in [2.75, 3.05) is 17.4 Å². The van der Waals surface area contributed by atoms with Crippen LogP contribution >= 0.6 is 11.6 Å². The molecule has 0 bridgehead atoms. The highest BCUT2D eigenvalue weighted by molar-refractivity contribution is 7.92. The molecule has 0 spiro atoms. The van der Waals surface area contributed by atoms with Crippen LogP contribution in [-0.4, -0.2) is 44.3 Å². The molecule has 0 heterocycles. The van der Waals surface area contributed by atoms with Crippen LogP contribution in [0, 0.1) is 13.8 Å². The number of carbonyl (C=O) groups is 2. The van der Waals surface area contributed by atoms with Gasteiger partial charge in [-0.3, -0.25) is 13.9 Å². The van der Waals surface area contributed by atoms with Crippen molar-refractivity contribution in [3.63, 3.8) is 0 Å². The fourth-order valence-corrected chi connectivity index (χ4v) is 5.54. The summed E-state index contributed by atoms with van der Waals surface area (Å²) in [4.78, 5) is 28.3. The quantitative estimate of drug-likeness (QED) is 0.357. The highest BCUT2D eigenvalue weighted by Crippen LogP contribution is 2.27. The largest absolute Gasteiger partial charge is 0.354 e. The summed E-state index contributed by atoms with van der Waals surface area (Å²) in [5.41, 5.74) is 2.99. The summed E-state index contributed by atoms with van der Waals surface area (Å²) in [5.74, 6) is -0.812. The van der Waals surface area contributed by atoms with E-state index in [-0.39, 0.29) is 23.0 Å². The molecule has 2 amide bonds. The highest BCUT2D eigenvalue weighted by Gasteiger charge is 2.32. The molecule has 9 heteroatoms. The predicted octanol–water partition coefficient (Wildman–Crippen LogP) is 5.10. The molecule has 202 valence electrons. The van der Waals surface area contributed by atoms with Crippen LogP contribution in [0.25, 0.3) is 0 Å². The zero-order valence-corrected chi connectivity index (χ0v) is 23.7. The van der Waals surface area contributed by atoms with Gasteiger partial charge >= 0.3 is 0 Å². The molecule has 0 radical (unpaired) electrons. The number of halogens is 1. The molecule has 0 aromatic heterocycles. The highest BCUT2D eigenvalue weighted by atomic mass is 35.5. The van der Waals surface area contributed by atoms with Crippen molar-refractivity contribution in [2.24, 2.45) is 0 Å². The summed E-state index contributed by atoms with van der Waals surface area (Å²) >= 11 is 6.20. The van der Waals surface area contributed by atoms with E-state index in [1.54, 1.807) is 37.3 Å². The monoisotopic (exact) mass is 555 g/mol. The summed E-state index contributed by atoms with van der Waals surface area (Å²) in [5, 5.41) is 3.18. The van der Waals surface area contributed by atoms with E-state index in [4.69, 9.17) is 11.6 Å². The lowest BCUT2D eigenvalue weighted by atomic mass is 10.1. The zero-order valence-electron chi connectivity index (χ0n) is 22.1. The summed E-state index contributed by atoms with van der Waals surface area (Å²) in [6.45, 7) is 7.52. The predicted molar refractivity (Wildman–Crippen MR) is 152 cm³/mol. The molecule has 0 unspecified atom stereocenters. The average molecular weight is 556 g/mol. The van der Waals surface area contributed by atoms with Crippen LogP contribution in [0.3, 0.4) is 0 Å². The molecule has 0 saturated carbocycles. The van der Waals surface area contributed by atoms with Crippen LogP contribution in [0.5, 0.6) is 0 Å². The lowest BCUT2D eigenvalue weighted by Gasteiger charge is -2.32. The van der Waals surface area contributed by atoms with E-state index in [2.05, 4.69) is 5.32 Å². The number of amides is 2. The number of anilines is 1. The number of hydrogen-bond acceptors (Lipinski definition) is 4. The molecule has 38 heavy (non-hydrogen) atoms. The first-order valence-corrected chi connectivity index (χ1v) is 14.3. The second kappa shape index (κ2) is 12.9. The Morgan fingerprint density at radius 2 is 1.66 bits per heavy atom. The molecule has 3 aromatic rings. The van der Waals surface area contributed by atoms with Crippen LogP contribution < -0.4 is 9.62 Å². The van der Waals surface area contributed by atoms with Crippen molar-refractivity contribution in [1.29, 1.82) is 0 Å². The minimum atomic E-state index is -4.13. The zero-order chi connectivity index (χ0) is 27.9.